The number of nitrogens with one attached hydrogen (secondary N) is 2. The second kappa shape index (κ2) is 9.43. The number of hydrogen-bond acceptors (Lipinski definition) is 8. The van der Waals surface area contributed by atoms with Gasteiger partial charge in [0.1, 0.15) is 17.2 Å². The van der Waals surface area contributed by atoms with Gasteiger partial charge in [0.25, 0.3) is 5.56 Å². The van der Waals surface area contributed by atoms with Gasteiger partial charge in [-0.25, -0.2) is 19.2 Å². The predicted molar refractivity (Wildman–Crippen MR) is 135 cm³/mol. The molecular formula is C24H22FN7O3S. The molecule has 0 aliphatic heterocycles. The smallest absolute Gasteiger partial charge is 0.325 e. The lowest BCUT2D eigenvalue weighted by molar-refractivity contribution is 0.261. The van der Waals surface area contributed by atoms with Crippen molar-refractivity contribution in [3.8, 4) is 17.2 Å². The third-order valence-electron chi connectivity index (χ3n) is 5.37. The van der Waals surface area contributed by atoms with E-state index in [1.807, 2.05) is 33.1 Å². The molecular weight excluding hydrogens is 485 g/mol. The van der Waals surface area contributed by atoms with Crippen LogP contribution in [0.2, 0.25) is 0 Å². The first-order valence-electron chi connectivity index (χ1n) is 10.7. The topological polar surface area (TPSA) is 139 Å². The van der Waals surface area contributed by atoms with Gasteiger partial charge in [-0.2, -0.15) is 5.26 Å². The number of urea groups is 1. The first kappa shape index (κ1) is 24.9. The van der Waals surface area contributed by atoms with E-state index in [0.717, 1.165) is 6.07 Å². The number of pyridine rings is 1. The van der Waals surface area contributed by atoms with Gasteiger partial charge in [0.05, 0.1) is 17.3 Å². The van der Waals surface area contributed by atoms with Crippen LogP contribution >= 0.6 is 11.8 Å². The third kappa shape index (κ3) is 4.78. The number of anilines is 2. The lowest BCUT2D eigenvalue weighted by atomic mass is 9.93. The molecule has 0 saturated carbocycles. The van der Waals surface area contributed by atoms with E-state index in [4.69, 9.17) is 4.52 Å². The Morgan fingerprint density at radius 3 is 2.58 bits per heavy atom. The Morgan fingerprint density at radius 1 is 1.19 bits per heavy atom. The van der Waals surface area contributed by atoms with Crippen molar-refractivity contribution in [2.75, 3.05) is 16.9 Å². The molecule has 2 N–H and O–H groups in total. The van der Waals surface area contributed by atoms with Gasteiger partial charge in [-0.1, -0.05) is 37.7 Å². The first-order valence-corrected chi connectivity index (χ1v) is 11.9. The summed E-state index contributed by atoms with van der Waals surface area (Å²) in [6, 6.07) is 6.47. The second-order valence-electron chi connectivity index (χ2n) is 8.95. The average Bonchev–Trinajstić information content (AvgIpc) is 3.31. The second-order valence-corrected chi connectivity index (χ2v) is 9.73. The number of aromatic nitrogens is 4. The summed E-state index contributed by atoms with van der Waals surface area (Å²) in [5, 5.41) is 19.4. The van der Waals surface area contributed by atoms with Gasteiger partial charge in [0.2, 0.25) is 0 Å². The Labute approximate surface area is 209 Å². The maximum Gasteiger partial charge on any atom is 0.325 e. The van der Waals surface area contributed by atoms with Crippen LogP contribution in [0.25, 0.3) is 22.2 Å². The molecule has 0 aliphatic carbocycles. The molecule has 12 heteroatoms. The van der Waals surface area contributed by atoms with E-state index in [1.54, 1.807) is 25.4 Å². The lowest BCUT2D eigenvalue weighted by Gasteiger charge is -2.13. The van der Waals surface area contributed by atoms with Crippen LogP contribution in [0.3, 0.4) is 0 Å². The molecule has 36 heavy (non-hydrogen) atoms. The number of thioether (sulfide) groups is 1. The summed E-state index contributed by atoms with van der Waals surface area (Å²) < 4.78 is 21.4. The molecule has 3 aromatic heterocycles. The summed E-state index contributed by atoms with van der Waals surface area (Å²) in [6.07, 6.45) is 3.39. The molecule has 0 spiro atoms. The maximum absolute atomic E-state index is 14.8. The number of benzene rings is 1. The highest BCUT2D eigenvalue weighted by Crippen LogP contribution is 2.29. The Hall–Kier alpha value is -4.24. The third-order valence-corrected chi connectivity index (χ3v) is 5.93. The van der Waals surface area contributed by atoms with E-state index in [1.165, 1.54) is 22.4 Å². The minimum absolute atomic E-state index is 0.0668. The fourth-order valence-electron chi connectivity index (χ4n) is 3.46. The molecule has 1 aromatic carbocycles. The van der Waals surface area contributed by atoms with Gasteiger partial charge in [0.15, 0.2) is 11.0 Å². The van der Waals surface area contributed by atoms with E-state index in [0.29, 0.717) is 22.0 Å². The molecule has 184 valence electrons. The van der Waals surface area contributed by atoms with Crippen molar-refractivity contribution in [2.45, 2.75) is 31.3 Å². The summed E-state index contributed by atoms with van der Waals surface area (Å²) in [5.74, 6) is -0.128. The molecule has 0 radical (unpaired) electrons. The first-order chi connectivity index (χ1) is 17.0. The molecule has 0 unspecified atom stereocenters. The SMILES string of the molecule is CSc1ncc2cc(-c3cc(NC(=O)Nc4cc(C(C)(C)C)on4)c(F)cc3C#N)c(=O)n(C)c2n1. The highest BCUT2D eigenvalue weighted by Gasteiger charge is 2.21. The summed E-state index contributed by atoms with van der Waals surface area (Å²) in [6.45, 7) is 5.78. The van der Waals surface area contributed by atoms with E-state index in [9.17, 15) is 19.2 Å². The van der Waals surface area contributed by atoms with Crippen molar-refractivity contribution in [3.05, 3.63) is 58.0 Å². The lowest BCUT2D eigenvalue weighted by Crippen LogP contribution is -2.22. The number of halogens is 1. The number of rotatable bonds is 4. The zero-order chi connectivity index (χ0) is 26.2. The molecule has 4 rings (SSSR count). The number of nitriles is 1. The van der Waals surface area contributed by atoms with Gasteiger partial charge in [-0.05, 0) is 24.5 Å². The maximum atomic E-state index is 14.8. The Bertz CT molecular complexity index is 1600. The van der Waals surface area contributed by atoms with Gasteiger partial charge in [-0.15, -0.1) is 0 Å². The normalized spacial score (nSPS) is 11.4. The summed E-state index contributed by atoms with van der Waals surface area (Å²) in [4.78, 5) is 34.3. The molecule has 0 bridgehead atoms. The van der Waals surface area contributed by atoms with Crippen molar-refractivity contribution < 1.29 is 13.7 Å². The molecule has 4 aromatic rings. The highest BCUT2D eigenvalue weighted by molar-refractivity contribution is 7.98. The van der Waals surface area contributed by atoms with Crippen LogP contribution in [0.5, 0.6) is 0 Å². The minimum Gasteiger partial charge on any atom is -0.359 e. The van der Waals surface area contributed by atoms with Crippen molar-refractivity contribution >= 4 is 40.3 Å². The van der Waals surface area contributed by atoms with E-state index >= 15 is 0 Å². The number of carbonyl (C=O) groups is 1. The highest BCUT2D eigenvalue weighted by atomic mass is 32.2. The Balaban J connectivity index is 1.71. The number of aryl methyl sites for hydroxylation is 1. The van der Waals surface area contributed by atoms with Crippen LogP contribution in [0.15, 0.2) is 44.9 Å². The van der Waals surface area contributed by atoms with Gasteiger partial charge in [0, 0.05) is 41.2 Å². The van der Waals surface area contributed by atoms with Crippen LogP contribution in [0.4, 0.5) is 20.7 Å². The fraction of sp³-hybridized carbons (Fsp3) is 0.250. The molecule has 3 heterocycles. The largest absolute Gasteiger partial charge is 0.359 e. The van der Waals surface area contributed by atoms with Crippen LogP contribution < -0.4 is 16.2 Å². The molecule has 0 aliphatic rings. The molecule has 0 fully saturated rings. The van der Waals surface area contributed by atoms with Crippen LogP contribution in [-0.2, 0) is 12.5 Å². The van der Waals surface area contributed by atoms with Crippen LogP contribution in [0, 0.1) is 17.1 Å². The molecule has 0 saturated heterocycles. The fourth-order valence-corrected chi connectivity index (χ4v) is 3.80. The molecule has 2 amide bonds. The van der Waals surface area contributed by atoms with Crippen LogP contribution in [0.1, 0.15) is 32.1 Å². The van der Waals surface area contributed by atoms with Crippen LogP contribution in [-0.4, -0.2) is 32.0 Å². The van der Waals surface area contributed by atoms with Crippen molar-refractivity contribution in [1.82, 2.24) is 19.7 Å². The van der Waals surface area contributed by atoms with E-state index in [2.05, 4.69) is 25.8 Å². The number of carbonyl (C=O) groups excluding carboxylic acids is 1. The number of amides is 2. The number of hydrogen-bond donors (Lipinski definition) is 2. The van der Waals surface area contributed by atoms with Crippen molar-refractivity contribution in [2.24, 2.45) is 7.05 Å². The quantitative estimate of drug-likeness (QED) is 0.300. The monoisotopic (exact) mass is 507 g/mol. The van der Waals surface area contributed by atoms with Crippen molar-refractivity contribution in [3.63, 3.8) is 0 Å². The van der Waals surface area contributed by atoms with Gasteiger partial charge < -0.3 is 9.84 Å². The number of fused-ring (bicyclic) bond motifs is 1. The Kier molecular flexibility index (Phi) is 6.51. The zero-order valence-electron chi connectivity index (χ0n) is 20.1. The average molecular weight is 508 g/mol. The van der Waals surface area contributed by atoms with E-state index < -0.39 is 17.4 Å². The molecule has 10 nitrogen and oxygen atoms in total. The number of nitrogens with zero attached hydrogens (tertiary/aromatic N) is 5. The Morgan fingerprint density at radius 2 is 1.94 bits per heavy atom. The zero-order valence-corrected chi connectivity index (χ0v) is 21.0. The van der Waals surface area contributed by atoms with Crippen molar-refractivity contribution in [1.29, 1.82) is 5.26 Å². The summed E-state index contributed by atoms with van der Waals surface area (Å²) >= 11 is 1.34. The van der Waals surface area contributed by atoms with Gasteiger partial charge in [-0.3, -0.25) is 14.7 Å². The minimum atomic E-state index is -0.841. The predicted octanol–water partition coefficient (Wildman–Crippen LogP) is 4.66. The van der Waals surface area contributed by atoms with E-state index in [-0.39, 0.29) is 33.6 Å². The standard InChI is InChI=1S/C24H22FN7O3S/c1-24(2,3)18-9-19(31-35-18)29-22(34)28-17-8-14(12(10-26)7-16(17)25)15-6-13-11-27-23(36-5)30-20(13)32(4)21(15)33/h6-9,11H,1-5H3,(H2,28,29,31,34). The van der Waals surface area contributed by atoms with Gasteiger partial charge >= 0.3 is 6.03 Å². The summed E-state index contributed by atoms with van der Waals surface area (Å²) in [7, 11) is 1.55. The summed E-state index contributed by atoms with van der Waals surface area (Å²) in [5.41, 5.74) is -0.335. The molecule has 0 atom stereocenters.